The lowest BCUT2D eigenvalue weighted by Gasteiger charge is -2.24. The topological polar surface area (TPSA) is 84.0 Å². The third kappa shape index (κ3) is 3.43. The molecule has 2 aromatic rings. The molecule has 3 rings (SSSR count). The maximum absolute atomic E-state index is 12.5. The molecule has 7 heteroatoms. The van der Waals surface area contributed by atoms with Crippen LogP contribution in [0.1, 0.15) is 28.9 Å². The Morgan fingerprint density at radius 3 is 2.95 bits per heavy atom. The van der Waals surface area contributed by atoms with Crippen LogP contribution in [-0.4, -0.2) is 50.5 Å². The van der Waals surface area contributed by atoms with Crippen molar-refractivity contribution in [3.8, 4) is 0 Å². The summed E-state index contributed by atoms with van der Waals surface area (Å²) in [6.45, 7) is 1.84. The van der Waals surface area contributed by atoms with Crippen LogP contribution in [0.15, 0.2) is 30.7 Å². The fraction of sp³-hybridized carbons (Fsp3) is 0.429. The molecule has 0 saturated carbocycles. The minimum absolute atomic E-state index is 0.0997. The van der Waals surface area contributed by atoms with E-state index in [0.29, 0.717) is 18.8 Å². The second-order valence-electron chi connectivity index (χ2n) is 5.03. The molecule has 0 radical (unpaired) electrons. The Labute approximate surface area is 122 Å². The highest BCUT2D eigenvalue weighted by atomic mass is 16.5. The Kier molecular flexibility index (Phi) is 4.20. The van der Waals surface area contributed by atoms with Gasteiger partial charge in [0.25, 0.3) is 5.91 Å². The predicted octanol–water partition coefficient (Wildman–Crippen LogP) is 1.02. The van der Waals surface area contributed by atoms with Gasteiger partial charge in [-0.2, -0.15) is 15.4 Å². The molecule has 2 aromatic heterocycles. The summed E-state index contributed by atoms with van der Waals surface area (Å²) in [6.07, 6.45) is 7.02. The van der Waals surface area contributed by atoms with Gasteiger partial charge in [0.15, 0.2) is 5.69 Å². The number of hydrogen-bond acceptors (Lipinski definition) is 5. The van der Waals surface area contributed by atoms with Gasteiger partial charge in [0.05, 0.1) is 12.3 Å². The van der Waals surface area contributed by atoms with E-state index in [9.17, 15) is 4.79 Å². The van der Waals surface area contributed by atoms with Crippen molar-refractivity contribution in [2.24, 2.45) is 0 Å². The lowest BCUT2D eigenvalue weighted by atomic mass is 10.2. The molecule has 0 aliphatic carbocycles. The molecule has 1 N–H and O–H groups in total. The highest BCUT2D eigenvalue weighted by molar-refractivity contribution is 5.91. The van der Waals surface area contributed by atoms with Gasteiger partial charge >= 0.3 is 0 Å². The zero-order valence-corrected chi connectivity index (χ0v) is 11.6. The number of aromatic amines is 1. The average Bonchev–Trinajstić information content (AvgIpc) is 3.20. The van der Waals surface area contributed by atoms with Crippen molar-refractivity contribution in [1.29, 1.82) is 0 Å². The molecule has 21 heavy (non-hydrogen) atoms. The lowest BCUT2D eigenvalue weighted by Crippen LogP contribution is -2.37. The van der Waals surface area contributed by atoms with Gasteiger partial charge in [-0.3, -0.25) is 9.78 Å². The summed E-state index contributed by atoms with van der Waals surface area (Å²) in [5.41, 5.74) is 1.35. The summed E-state index contributed by atoms with van der Waals surface area (Å²) in [4.78, 5) is 18.3. The van der Waals surface area contributed by atoms with Crippen molar-refractivity contribution >= 4 is 5.91 Å². The van der Waals surface area contributed by atoms with Gasteiger partial charge in [-0.1, -0.05) is 0 Å². The molecule has 0 spiro atoms. The van der Waals surface area contributed by atoms with Crippen molar-refractivity contribution in [2.75, 3.05) is 13.2 Å². The summed E-state index contributed by atoms with van der Waals surface area (Å²) < 4.78 is 5.64. The van der Waals surface area contributed by atoms with Crippen LogP contribution in [0, 0.1) is 0 Å². The predicted molar refractivity (Wildman–Crippen MR) is 74.3 cm³/mol. The Morgan fingerprint density at radius 2 is 2.29 bits per heavy atom. The Balaban J connectivity index is 1.75. The van der Waals surface area contributed by atoms with Crippen LogP contribution >= 0.6 is 0 Å². The molecular weight excluding hydrogens is 270 g/mol. The number of carbonyl (C=O) groups excluding carboxylic acids is 1. The van der Waals surface area contributed by atoms with E-state index in [4.69, 9.17) is 4.74 Å². The number of nitrogens with zero attached hydrogens (tertiary/aromatic N) is 4. The third-order valence-corrected chi connectivity index (χ3v) is 3.49. The van der Waals surface area contributed by atoms with E-state index in [0.717, 1.165) is 25.0 Å². The first-order valence-corrected chi connectivity index (χ1v) is 6.98. The van der Waals surface area contributed by atoms with Gasteiger partial charge in [0.1, 0.15) is 0 Å². The summed E-state index contributed by atoms with van der Waals surface area (Å²) in [5, 5.41) is 10.0. The molecule has 1 aliphatic rings. The van der Waals surface area contributed by atoms with Crippen LogP contribution in [0.2, 0.25) is 0 Å². The molecule has 110 valence electrons. The molecule has 3 heterocycles. The molecule has 1 amide bonds. The molecule has 1 fully saturated rings. The monoisotopic (exact) mass is 287 g/mol. The molecule has 1 saturated heterocycles. The van der Waals surface area contributed by atoms with Crippen LogP contribution in [0.3, 0.4) is 0 Å². The zero-order chi connectivity index (χ0) is 14.5. The van der Waals surface area contributed by atoms with Crippen LogP contribution in [0.25, 0.3) is 0 Å². The highest BCUT2D eigenvalue weighted by Crippen LogP contribution is 2.16. The van der Waals surface area contributed by atoms with E-state index in [2.05, 4.69) is 20.4 Å². The van der Waals surface area contributed by atoms with Crippen molar-refractivity contribution in [3.05, 3.63) is 42.0 Å². The number of rotatable bonds is 5. The number of H-pyrrole nitrogens is 1. The summed E-state index contributed by atoms with van der Waals surface area (Å²) in [7, 11) is 0. The standard InChI is InChI=1S/C14H17N5O2/c20-14(13-8-16-18-17-13)19(10-12-2-1-7-21-12)9-11-3-5-15-6-4-11/h3-6,8,12H,1-2,7,9-10H2,(H,16,17,18)/t12-/m1/s1. The van der Waals surface area contributed by atoms with Gasteiger partial charge in [0.2, 0.25) is 0 Å². The van der Waals surface area contributed by atoms with Crippen molar-refractivity contribution in [3.63, 3.8) is 0 Å². The Bertz CT molecular complexity index is 566. The molecular formula is C14H17N5O2. The Hall–Kier alpha value is -2.28. The number of amides is 1. The first-order valence-electron chi connectivity index (χ1n) is 6.98. The number of hydrogen-bond donors (Lipinski definition) is 1. The normalized spacial score (nSPS) is 17.8. The smallest absolute Gasteiger partial charge is 0.276 e. The van der Waals surface area contributed by atoms with E-state index < -0.39 is 0 Å². The Morgan fingerprint density at radius 1 is 1.43 bits per heavy atom. The van der Waals surface area contributed by atoms with Gasteiger partial charge in [-0.05, 0) is 30.5 Å². The fourth-order valence-electron chi connectivity index (χ4n) is 2.43. The number of carbonyl (C=O) groups is 1. The molecule has 0 aromatic carbocycles. The lowest BCUT2D eigenvalue weighted by molar-refractivity contribution is 0.0503. The van der Waals surface area contributed by atoms with Crippen molar-refractivity contribution < 1.29 is 9.53 Å². The first-order chi connectivity index (χ1) is 10.3. The van der Waals surface area contributed by atoms with E-state index in [-0.39, 0.29) is 12.0 Å². The molecule has 1 atom stereocenters. The van der Waals surface area contributed by atoms with Gasteiger partial charge in [0, 0.05) is 32.1 Å². The van der Waals surface area contributed by atoms with Crippen LogP contribution in [0.5, 0.6) is 0 Å². The van der Waals surface area contributed by atoms with Crippen LogP contribution in [-0.2, 0) is 11.3 Å². The van der Waals surface area contributed by atoms with E-state index in [1.54, 1.807) is 17.3 Å². The van der Waals surface area contributed by atoms with Gasteiger partial charge in [-0.25, -0.2) is 0 Å². The van der Waals surface area contributed by atoms with Gasteiger partial charge < -0.3 is 9.64 Å². The molecule has 1 aliphatic heterocycles. The highest BCUT2D eigenvalue weighted by Gasteiger charge is 2.24. The van der Waals surface area contributed by atoms with E-state index in [1.165, 1.54) is 6.20 Å². The second kappa shape index (κ2) is 6.45. The fourth-order valence-corrected chi connectivity index (χ4v) is 2.43. The van der Waals surface area contributed by atoms with Crippen molar-refractivity contribution in [1.82, 2.24) is 25.3 Å². The van der Waals surface area contributed by atoms with Crippen molar-refractivity contribution in [2.45, 2.75) is 25.5 Å². The van der Waals surface area contributed by atoms with E-state index in [1.807, 2.05) is 12.1 Å². The minimum Gasteiger partial charge on any atom is -0.376 e. The van der Waals surface area contributed by atoms with Gasteiger partial charge in [-0.15, -0.1) is 0 Å². The number of nitrogens with one attached hydrogen (secondary N) is 1. The zero-order valence-electron chi connectivity index (χ0n) is 11.6. The minimum atomic E-state index is -0.143. The second-order valence-corrected chi connectivity index (χ2v) is 5.03. The quantitative estimate of drug-likeness (QED) is 0.887. The maximum atomic E-state index is 12.5. The number of ether oxygens (including phenoxy) is 1. The largest absolute Gasteiger partial charge is 0.376 e. The van der Waals surface area contributed by atoms with Crippen LogP contribution in [0.4, 0.5) is 0 Å². The first kappa shape index (κ1) is 13.7. The number of aromatic nitrogens is 4. The molecule has 7 nitrogen and oxygen atoms in total. The third-order valence-electron chi connectivity index (χ3n) is 3.49. The van der Waals surface area contributed by atoms with Crippen LogP contribution < -0.4 is 0 Å². The molecule has 0 bridgehead atoms. The average molecular weight is 287 g/mol. The van der Waals surface area contributed by atoms with E-state index >= 15 is 0 Å². The summed E-state index contributed by atoms with van der Waals surface area (Å²) in [5.74, 6) is -0.143. The molecule has 0 unspecified atom stereocenters. The SMILES string of the molecule is O=C(c1cn[nH]n1)N(Cc1ccncc1)C[C@H]1CCCO1. The number of pyridine rings is 1. The summed E-state index contributed by atoms with van der Waals surface area (Å²) >= 11 is 0. The maximum Gasteiger partial charge on any atom is 0.276 e. The summed E-state index contributed by atoms with van der Waals surface area (Å²) in [6, 6.07) is 3.80.